The van der Waals surface area contributed by atoms with Gasteiger partial charge in [-0.1, -0.05) is 31.4 Å². The fourth-order valence-electron chi connectivity index (χ4n) is 3.22. The predicted octanol–water partition coefficient (Wildman–Crippen LogP) is 4.35. The fourth-order valence-corrected chi connectivity index (χ4v) is 3.52. The summed E-state index contributed by atoms with van der Waals surface area (Å²) < 4.78 is 10.8. The van der Waals surface area contributed by atoms with E-state index in [0.717, 1.165) is 19.3 Å². The first-order valence-corrected chi connectivity index (χ1v) is 9.30. The molecule has 2 atom stereocenters. The Morgan fingerprint density at radius 2 is 2.15 bits per heavy atom. The molecule has 0 radical (unpaired) electrons. The predicted molar refractivity (Wildman–Crippen MR) is 102 cm³/mol. The highest BCUT2D eigenvalue weighted by molar-refractivity contribution is 6.32. The van der Waals surface area contributed by atoms with Gasteiger partial charge >= 0.3 is 0 Å². The molecular formula is C20H25ClN2O3. The van der Waals surface area contributed by atoms with E-state index in [1.807, 2.05) is 13.0 Å². The zero-order chi connectivity index (χ0) is 19.1. The highest BCUT2D eigenvalue weighted by atomic mass is 35.5. The summed E-state index contributed by atoms with van der Waals surface area (Å²) in [4.78, 5) is 12.5. The minimum absolute atomic E-state index is 0.0476. The Bertz CT molecular complexity index is 725. The number of nitriles is 1. The van der Waals surface area contributed by atoms with Crippen LogP contribution in [0.1, 0.15) is 45.1 Å². The van der Waals surface area contributed by atoms with Crippen molar-refractivity contribution < 1.29 is 14.3 Å². The summed E-state index contributed by atoms with van der Waals surface area (Å²) in [6.45, 7) is 4.44. The molecule has 1 fully saturated rings. The van der Waals surface area contributed by atoms with Gasteiger partial charge in [-0.3, -0.25) is 4.79 Å². The number of amides is 1. The van der Waals surface area contributed by atoms with Gasteiger partial charge in [0.25, 0.3) is 5.91 Å². The smallest absolute Gasteiger partial charge is 0.262 e. The van der Waals surface area contributed by atoms with E-state index in [9.17, 15) is 10.1 Å². The third-order valence-electron chi connectivity index (χ3n) is 4.64. The molecule has 0 heterocycles. The van der Waals surface area contributed by atoms with Crippen molar-refractivity contribution in [1.29, 1.82) is 5.26 Å². The highest BCUT2D eigenvalue weighted by Gasteiger charge is 2.24. The Morgan fingerprint density at radius 1 is 1.42 bits per heavy atom. The minimum atomic E-state index is -0.351. The molecule has 1 aliphatic rings. The molecule has 0 spiro atoms. The van der Waals surface area contributed by atoms with Crippen molar-refractivity contribution in [3.63, 3.8) is 0 Å². The van der Waals surface area contributed by atoms with Crippen LogP contribution in [0.4, 0.5) is 0 Å². The second-order valence-electron chi connectivity index (χ2n) is 6.48. The standard InChI is InChI=1S/C20H25ClN2O3/c1-4-26-18-11-14(10-16(21)19(18)25-3)9-15(12-22)20(24)23-17-8-6-5-7-13(17)2/h9-11,13,17H,4-8H2,1-3H3,(H,23,24)/b15-9+. The molecule has 0 aromatic heterocycles. The van der Waals surface area contributed by atoms with Crippen LogP contribution in [-0.4, -0.2) is 25.7 Å². The fraction of sp³-hybridized carbons (Fsp3) is 0.500. The van der Waals surface area contributed by atoms with Gasteiger partial charge in [0.1, 0.15) is 11.6 Å². The largest absolute Gasteiger partial charge is 0.491 e. The van der Waals surface area contributed by atoms with Crippen LogP contribution in [-0.2, 0) is 4.79 Å². The van der Waals surface area contributed by atoms with Gasteiger partial charge in [0.2, 0.25) is 0 Å². The topological polar surface area (TPSA) is 71.3 Å². The SMILES string of the molecule is CCOc1cc(/C=C(\C#N)C(=O)NC2CCCCC2C)cc(Cl)c1OC. The lowest BCUT2D eigenvalue weighted by atomic mass is 9.86. The van der Waals surface area contributed by atoms with Gasteiger partial charge in [-0.2, -0.15) is 5.26 Å². The highest BCUT2D eigenvalue weighted by Crippen LogP contribution is 2.37. The van der Waals surface area contributed by atoms with Crippen LogP contribution in [0, 0.1) is 17.2 Å². The van der Waals surface area contributed by atoms with E-state index in [1.165, 1.54) is 19.6 Å². The van der Waals surface area contributed by atoms with Crippen molar-refractivity contribution in [3.05, 3.63) is 28.3 Å². The van der Waals surface area contributed by atoms with Crippen LogP contribution >= 0.6 is 11.6 Å². The molecule has 0 bridgehead atoms. The molecule has 26 heavy (non-hydrogen) atoms. The summed E-state index contributed by atoms with van der Waals surface area (Å²) in [5, 5.41) is 12.8. The molecule has 5 nitrogen and oxygen atoms in total. The van der Waals surface area contributed by atoms with Gasteiger partial charge < -0.3 is 14.8 Å². The summed E-state index contributed by atoms with van der Waals surface area (Å²) in [5.74, 6) is 0.987. The number of benzene rings is 1. The monoisotopic (exact) mass is 376 g/mol. The molecule has 2 unspecified atom stereocenters. The molecule has 0 saturated heterocycles. The van der Waals surface area contributed by atoms with Crippen molar-refractivity contribution in [2.75, 3.05) is 13.7 Å². The average Bonchev–Trinajstić information content (AvgIpc) is 2.61. The van der Waals surface area contributed by atoms with Crippen molar-refractivity contribution in [1.82, 2.24) is 5.32 Å². The van der Waals surface area contributed by atoms with Gasteiger partial charge in [-0.25, -0.2) is 0 Å². The summed E-state index contributed by atoms with van der Waals surface area (Å²) in [6.07, 6.45) is 5.87. The first-order chi connectivity index (χ1) is 12.5. The summed E-state index contributed by atoms with van der Waals surface area (Å²) >= 11 is 6.23. The van der Waals surface area contributed by atoms with Gasteiger partial charge in [0.15, 0.2) is 11.5 Å². The van der Waals surface area contributed by atoms with E-state index in [0.29, 0.717) is 34.6 Å². The molecule has 140 valence electrons. The van der Waals surface area contributed by atoms with Gasteiger partial charge in [-0.15, -0.1) is 0 Å². The number of rotatable bonds is 6. The van der Waals surface area contributed by atoms with E-state index in [4.69, 9.17) is 21.1 Å². The molecule has 1 saturated carbocycles. The quantitative estimate of drug-likeness (QED) is 0.591. The lowest BCUT2D eigenvalue weighted by molar-refractivity contribution is -0.118. The lowest BCUT2D eigenvalue weighted by Gasteiger charge is -2.29. The summed E-state index contributed by atoms with van der Waals surface area (Å²) in [7, 11) is 1.51. The van der Waals surface area contributed by atoms with E-state index < -0.39 is 0 Å². The van der Waals surface area contributed by atoms with E-state index >= 15 is 0 Å². The van der Waals surface area contributed by atoms with Crippen molar-refractivity contribution in [2.24, 2.45) is 5.92 Å². The lowest BCUT2D eigenvalue weighted by Crippen LogP contribution is -2.41. The minimum Gasteiger partial charge on any atom is -0.491 e. The Balaban J connectivity index is 2.24. The first-order valence-electron chi connectivity index (χ1n) is 8.93. The average molecular weight is 377 g/mol. The third-order valence-corrected chi connectivity index (χ3v) is 4.92. The number of carbonyl (C=O) groups is 1. The first kappa shape index (κ1) is 20.1. The number of nitrogens with one attached hydrogen (secondary N) is 1. The molecule has 1 N–H and O–H groups in total. The molecule has 1 aromatic carbocycles. The van der Waals surface area contributed by atoms with Gasteiger partial charge in [-0.05, 0) is 49.5 Å². The number of halogens is 1. The van der Waals surface area contributed by atoms with E-state index in [-0.39, 0.29) is 17.5 Å². The maximum Gasteiger partial charge on any atom is 0.262 e. The maximum absolute atomic E-state index is 12.5. The van der Waals surface area contributed by atoms with Crippen molar-refractivity contribution in [2.45, 2.75) is 45.6 Å². The van der Waals surface area contributed by atoms with E-state index in [1.54, 1.807) is 12.1 Å². The van der Waals surface area contributed by atoms with Crippen molar-refractivity contribution in [3.8, 4) is 17.6 Å². The van der Waals surface area contributed by atoms with Crippen LogP contribution in [0.15, 0.2) is 17.7 Å². The molecule has 6 heteroatoms. The van der Waals surface area contributed by atoms with Crippen molar-refractivity contribution >= 4 is 23.6 Å². The number of nitrogens with zero attached hydrogens (tertiary/aromatic N) is 1. The zero-order valence-corrected chi connectivity index (χ0v) is 16.2. The number of hydrogen-bond acceptors (Lipinski definition) is 4. The molecule has 1 amide bonds. The van der Waals surface area contributed by atoms with Crippen LogP contribution in [0.25, 0.3) is 6.08 Å². The maximum atomic E-state index is 12.5. The third kappa shape index (κ3) is 4.92. The van der Waals surface area contributed by atoms with Crippen LogP contribution in [0.3, 0.4) is 0 Å². The van der Waals surface area contributed by atoms with Gasteiger partial charge in [0.05, 0.1) is 18.7 Å². The normalized spacial score (nSPS) is 20.2. The zero-order valence-electron chi connectivity index (χ0n) is 15.5. The number of ether oxygens (including phenoxy) is 2. The summed E-state index contributed by atoms with van der Waals surface area (Å²) in [6, 6.07) is 5.47. The second-order valence-corrected chi connectivity index (χ2v) is 6.89. The Morgan fingerprint density at radius 3 is 2.77 bits per heavy atom. The number of hydrogen-bond donors (Lipinski definition) is 1. The second kappa shape index (κ2) is 9.49. The molecule has 2 rings (SSSR count). The van der Waals surface area contributed by atoms with Crippen LogP contribution in [0.2, 0.25) is 5.02 Å². The Kier molecular flexibility index (Phi) is 7.35. The van der Waals surface area contributed by atoms with Crippen LogP contribution < -0.4 is 14.8 Å². The van der Waals surface area contributed by atoms with E-state index in [2.05, 4.69) is 12.2 Å². The number of carbonyl (C=O) groups excluding carboxylic acids is 1. The van der Waals surface area contributed by atoms with Crippen LogP contribution in [0.5, 0.6) is 11.5 Å². The van der Waals surface area contributed by atoms with Gasteiger partial charge in [0, 0.05) is 6.04 Å². The summed E-state index contributed by atoms with van der Waals surface area (Å²) in [5.41, 5.74) is 0.661. The Hall–Kier alpha value is -2.19. The molecule has 1 aromatic rings. The Labute approximate surface area is 159 Å². The molecule has 0 aliphatic heterocycles. The molecule has 1 aliphatic carbocycles. The number of methoxy groups -OCH3 is 1. The molecular weight excluding hydrogens is 352 g/mol.